The third-order valence-corrected chi connectivity index (χ3v) is 2.58. The number of rotatable bonds is 6. The molecule has 2 N–H and O–H groups in total. The zero-order chi connectivity index (χ0) is 15.2. The zero-order valence-electron chi connectivity index (χ0n) is 12.1. The minimum absolute atomic E-state index is 0.150. The number of hydrogen-bond acceptors (Lipinski definition) is 3. The number of nitrogens with zero attached hydrogens (tertiary/aromatic N) is 1. The largest absolute Gasteiger partial charge is 0.387 e. The second-order valence-corrected chi connectivity index (χ2v) is 5.34. The standard InChI is InChI=1S/C15H21FN2O2/c1-15(20,11-18(2)3)10-17-14(19)8-7-12-5-4-6-13(16)9-12/h4-9,20H,10-11H2,1-3H3,(H,17,19)/b8-7+. The minimum atomic E-state index is -0.994. The van der Waals surface area contributed by atoms with Crippen LogP contribution in [0, 0.1) is 5.82 Å². The van der Waals surface area contributed by atoms with Gasteiger partial charge in [-0.2, -0.15) is 0 Å². The van der Waals surface area contributed by atoms with Gasteiger partial charge in [-0.05, 0) is 44.8 Å². The Labute approximate surface area is 118 Å². The molecule has 1 aromatic rings. The molecule has 0 radical (unpaired) electrons. The van der Waals surface area contributed by atoms with Crippen LogP contribution in [0.25, 0.3) is 6.08 Å². The monoisotopic (exact) mass is 280 g/mol. The molecule has 1 amide bonds. The number of carbonyl (C=O) groups is 1. The maximum absolute atomic E-state index is 12.9. The topological polar surface area (TPSA) is 52.6 Å². The first-order valence-electron chi connectivity index (χ1n) is 6.37. The van der Waals surface area contributed by atoms with E-state index < -0.39 is 5.60 Å². The van der Waals surface area contributed by atoms with E-state index in [4.69, 9.17) is 0 Å². The van der Waals surface area contributed by atoms with Crippen LogP contribution >= 0.6 is 0 Å². The van der Waals surface area contributed by atoms with Crippen molar-refractivity contribution in [1.29, 1.82) is 0 Å². The third kappa shape index (κ3) is 6.45. The Morgan fingerprint density at radius 3 is 2.80 bits per heavy atom. The van der Waals surface area contributed by atoms with Crippen molar-refractivity contribution >= 4 is 12.0 Å². The van der Waals surface area contributed by atoms with Gasteiger partial charge in [0, 0.05) is 19.2 Å². The van der Waals surface area contributed by atoms with E-state index in [1.165, 1.54) is 24.3 Å². The van der Waals surface area contributed by atoms with Gasteiger partial charge >= 0.3 is 0 Å². The molecule has 4 nitrogen and oxygen atoms in total. The fourth-order valence-corrected chi connectivity index (χ4v) is 1.86. The number of halogens is 1. The Balaban J connectivity index is 2.48. The van der Waals surface area contributed by atoms with Crippen LogP contribution in [-0.2, 0) is 4.79 Å². The normalized spacial score (nSPS) is 14.5. The van der Waals surface area contributed by atoms with Gasteiger partial charge in [0.1, 0.15) is 5.82 Å². The summed E-state index contributed by atoms with van der Waals surface area (Å²) in [5, 5.41) is 12.6. The van der Waals surface area contributed by atoms with Crippen molar-refractivity contribution in [1.82, 2.24) is 10.2 Å². The first-order chi connectivity index (χ1) is 9.28. The molecule has 0 aliphatic heterocycles. The van der Waals surface area contributed by atoms with Gasteiger partial charge in [-0.25, -0.2) is 4.39 Å². The van der Waals surface area contributed by atoms with Crippen LogP contribution < -0.4 is 5.32 Å². The second-order valence-electron chi connectivity index (χ2n) is 5.34. The van der Waals surface area contributed by atoms with E-state index >= 15 is 0 Å². The van der Waals surface area contributed by atoms with Crippen LogP contribution in [0.1, 0.15) is 12.5 Å². The molecule has 110 valence electrons. The van der Waals surface area contributed by atoms with E-state index in [9.17, 15) is 14.3 Å². The van der Waals surface area contributed by atoms with E-state index in [-0.39, 0.29) is 18.3 Å². The minimum Gasteiger partial charge on any atom is -0.387 e. The van der Waals surface area contributed by atoms with Gasteiger partial charge in [0.25, 0.3) is 0 Å². The predicted octanol–water partition coefficient (Wildman–Crippen LogP) is 1.27. The molecule has 0 saturated heterocycles. The Bertz CT molecular complexity index is 485. The van der Waals surface area contributed by atoms with Crippen molar-refractivity contribution < 1.29 is 14.3 Å². The average Bonchev–Trinajstić information content (AvgIpc) is 2.32. The maximum atomic E-state index is 12.9. The molecule has 0 spiro atoms. The summed E-state index contributed by atoms with van der Waals surface area (Å²) in [6.07, 6.45) is 2.85. The van der Waals surface area contributed by atoms with Crippen LogP contribution in [-0.4, -0.2) is 48.7 Å². The highest BCUT2D eigenvalue weighted by atomic mass is 19.1. The summed E-state index contributed by atoms with van der Waals surface area (Å²) in [7, 11) is 3.69. The molecule has 0 heterocycles. The second kappa shape index (κ2) is 7.17. The number of nitrogens with one attached hydrogen (secondary N) is 1. The number of benzene rings is 1. The maximum Gasteiger partial charge on any atom is 0.244 e. The molecule has 0 bridgehead atoms. The summed E-state index contributed by atoms with van der Waals surface area (Å²) in [6.45, 7) is 2.25. The average molecular weight is 280 g/mol. The molecule has 1 unspecified atom stereocenters. The molecule has 0 aliphatic carbocycles. The lowest BCUT2D eigenvalue weighted by Crippen LogP contribution is -2.46. The molecule has 0 aromatic heterocycles. The van der Waals surface area contributed by atoms with Crippen LogP contribution in [0.2, 0.25) is 0 Å². The van der Waals surface area contributed by atoms with Crippen molar-refractivity contribution in [2.45, 2.75) is 12.5 Å². The van der Waals surface area contributed by atoms with Gasteiger partial charge in [-0.15, -0.1) is 0 Å². The van der Waals surface area contributed by atoms with Crippen molar-refractivity contribution in [3.63, 3.8) is 0 Å². The Hall–Kier alpha value is -1.72. The molecule has 20 heavy (non-hydrogen) atoms. The Kier molecular flexibility index (Phi) is 5.85. The third-order valence-electron chi connectivity index (χ3n) is 2.58. The lowest BCUT2D eigenvalue weighted by molar-refractivity contribution is -0.117. The van der Waals surface area contributed by atoms with Crippen molar-refractivity contribution in [3.8, 4) is 0 Å². The van der Waals surface area contributed by atoms with E-state index in [2.05, 4.69) is 5.32 Å². The molecule has 1 rings (SSSR count). The summed E-state index contributed by atoms with van der Waals surface area (Å²) in [4.78, 5) is 13.5. The Morgan fingerprint density at radius 1 is 1.50 bits per heavy atom. The predicted molar refractivity (Wildman–Crippen MR) is 77.6 cm³/mol. The molecular weight excluding hydrogens is 259 g/mol. The van der Waals surface area contributed by atoms with Crippen LogP contribution in [0.3, 0.4) is 0 Å². The molecule has 0 aliphatic rings. The summed E-state index contributed by atoms with van der Waals surface area (Å²) in [5.41, 5.74) is -0.383. The van der Waals surface area contributed by atoms with Crippen molar-refractivity contribution in [2.24, 2.45) is 0 Å². The summed E-state index contributed by atoms with van der Waals surface area (Å²) in [6, 6.07) is 5.96. The van der Waals surface area contributed by atoms with E-state index in [0.29, 0.717) is 12.1 Å². The number of likely N-dealkylation sites (N-methyl/N-ethyl adjacent to an activating group) is 1. The smallest absolute Gasteiger partial charge is 0.244 e. The first kappa shape index (κ1) is 16.3. The molecule has 0 saturated carbocycles. The fourth-order valence-electron chi connectivity index (χ4n) is 1.86. The Morgan fingerprint density at radius 2 is 2.20 bits per heavy atom. The van der Waals surface area contributed by atoms with Gasteiger partial charge in [0.05, 0.1) is 5.60 Å². The molecular formula is C15H21FN2O2. The first-order valence-corrected chi connectivity index (χ1v) is 6.37. The van der Waals surface area contributed by atoms with Crippen molar-refractivity contribution in [2.75, 3.05) is 27.2 Å². The van der Waals surface area contributed by atoms with Crippen LogP contribution in [0.15, 0.2) is 30.3 Å². The molecule has 1 aromatic carbocycles. The highest BCUT2D eigenvalue weighted by Crippen LogP contribution is 2.05. The number of amides is 1. The highest BCUT2D eigenvalue weighted by Gasteiger charge is 2.21. The lowest BCUT2D eigenvalue weighted by atomic mass is 10.1. The number of aliphatic hydroxyl groups is 1. The van der Waals surface area contributed by atoms with Crippen LogP contribution in [0.5, 0.6) is 0 Å². The SMILES string of the molecule is CN(C)CC(C)(O)CNC(=O)/C=C/c1cccc(F)c1. The molecule has 0 fully saturated rings. The van der Waals surface area contributed by atoms with Crippen molar-refractivity contribution in [3.05, 3.63) is 41.7 Å². The molecule has 5 heteroatoms. The van der Waals surface area contributed by atoms with Gasteiger partial charge in [0.2, 0.25) is 5.91 Å². The van der Waals surface area contributed by atoms with Gasteiger partial charge in [-0.3, -0.25) is 4.79 Å². The summed E-state index contributed by atoms with van der Waals surface area (Å²) < 4.78 is 12.9. The van der Waals surface area contributed by atoms with E-state index in [1.54, 1.807) is 19.1 Å². The quantitative estimate of drug-likeness (QED) is 0.772. The number of hydrogen-bond donors (Lipinski definition) is 2. The van der Waals surface area contributed by atoms with E-state index in [0.717, 1.165) is 0 Å². The zero-order valence-corrected chi connectivity index (χ0v) is 12.1. The fraction of sp³-hybridized carbons (Fsp3) is 0.400. The van der Waals surface area contributed by atoms with Gasteiger partial charge < -0.3 is 15.3 Å². The van der Waals surface area contributed by atoms with Crippen LogP contribution in [0.4, 0.5) is 4.39 Å². The van der Waals surface area contributed by atoms with Gasteiger partial charge in [-0.1, -0.05) is 12.1 Å². The number of carbonyl (C=O) groups excluding carboxylic acids is 1. The molecule has 1 atom stereocenters. The van der Waals surface area contributed by atoms with E-state index in [1.807, 2.05) is 19.0 Å². The lowest BCUT2D eigenvalue weighted by Gasteiger charge is -2.26. The van der Waals surface area contributed by atoms with Gasteiger partial charge in [0.15, 0.2) is 0 Å². The highest BCUT2D eigenvalue weighted by molar-refractivity contribution is 5.91. The summed E-state index contributed by atoms with van der Waals surface area (Å²) in [5.74, 6) is -0.672. The summed E-state index contributed by atoms with van der Waals surface area (Å²) >= 11 is 0.